The quantitative estimate of drug-likeness (QED) is 0.172. The molecule has 0 saturated heterocycles. The third kappa shape index (κ3) is 3.98. The van der Waals surface area contributed by atoms with Gasteiger partial charge in [0.05, 0.1) is 22.5 Å². The lowest BCUT2D eigenvalue weighted by molar-refractivity contribution is -0.385. The molecular formula is C22H16Br2N4O4. The van der Waals surface area contributed by atoms with Crippen molar-refractivity contribution in [3.63, 3.8) is 0 Å². The first-order valence-electron chi connectivity index (χ1n) is 9.39. The second-order valence-electron chi connectivity index (χ2n) is 6.91. The monoisotopic (exact) mass is 558 g/mol. The summed E-state index contributed by atoms with van der Waals surface area (Å²) in [5.41, 5.74) is 2.13. The van der Waals surface area contributed by atoms with E-state index in [9.17, 15) is 14.9 Å². The molecule has 0 aliphatic carbocycles. The zero-order chi connectivity index (χ0) is 23.0. The molecule has 0 aliphatic heterocycles. The van der Waals surface area contributed by atoms with Gasteiger partial charge in [-0.15, -0.1) is 0 Å². The van der Waals surface area contributed by atoms with E-state index in [1.54, 1.807) is 28.5 Å². The number of nitrogens with zero attached hydrogens (tertiary/aromatic N) is 4. The minimum Gasteiger partial charge on any atom is -0.455 e. The van der Waals surface area contributed by atoms with Crippen LogP contribution in [0.1, 0.15) is 11.5 Å². The number of aromatic nitrogens is 2. The van der Waals surface area contributed by atoms with Gasteiger partial charge >= 0.3 is 0 Å². The highest BCUT2D eigenvalue weighted by atomic mass is 79.9. The summed E-state index contributed by atoms with van der Waals surface area (Å²) in [6, 6.07) is 15.6. The third-order valence-corrected chi connectivity index (χ3v) is 6.21. The number of nitro groups is 1. The number of para-hydroxylation sites is 1. The molecule has 0 atom stereocenters. The SMILES string of the molecule is Cc1c(N=Cc2ccc(-c3c(Br)cc([N+](=O)[O-])cc3Br)o2)c(=O)n(-c2ccccc2)n1C. The van der Waals surface area contributed by atoms with Gasteiger partial charge in [0, 0.05) is 33.7 Å². The third-order valence-electron chi connectivity index (χ3n) is 4.96. The maximum Gasteiger partial charge on any atom is 0.297 e. The molecule has 4 aromatic rings. The molecule has 0 bridgehead atoms. The highest BCUT2D eigenvalue weighted by molar-refractivity contribution is 9.11. The van der Waals surface area contributed by atoms with E-state index in [0.717, 1.165) is 5.69 Å². The Hall–Kier alpha value is -3.24. The van der Waals surface area contributed by atoms with Crippen molar-refractivity contribution in [1.82, 2.24) is 9.36 Å². The van der Waals surface area contributed by atoms with Gasteiger partial charge in [0.15, 0.2) is 5.69 Å². The molecule has 2 aromatic heterocycles. The Balaban J connectivity index is 1.68. The smallest absolute Gasteiger partial charge is 0.297 e. The van der Waals surface area contributed by atoms with Crippen LogP contribution < -0.4 is 5.56 Å². The molecule has 0 saturated carbocycles. The van der Waals surface area contributed by atoms with E-state index in [1.807, 2.05) is 37.3 Å². The number of rotatable bonds is 5. The summed E-state index contributed by atoms with van der Waals surface area (Å²) in [7, 11) is 1.80. The van der Waals surface area contributed by atoms with Crippen molar-refractivity contribution < 1.29 is 9.34 Å². The van der Waals surface area contributed by atoms with Gasteiger partial charge in [0.25, 0.3) is 11.2 Å². The van der Waals surface area contributed by atoms with Gasteiger partial charge in [-0.2, -0.15) is 0 Å². The molecule has 0 unspecified atom stereocenters. The second kappa shape index (κ2) is 8.71. The maximum absolute atomic E-state index is 13.0. The Labute approximate surface area is 199 Å². The summed E-state index contributed by atoms with van der Waals surface area (Å²) in [6.07, 6.45) is 1.48. The molecule has 0 aliphatic rings. The van der Waals surface area contributed by atoms with Gasteiger partial charge in [0.1, 0.15) is 11.5 Å². The second-order valence-corrected chi connectivity index (χ2v) is 8.62. The Morgan fingerprint density at radius 1 is 1.09 bits per heavy atom. The molecular weight excluding hydrogens is 544 g/mol. The molecule has 4 rings (SSSR count). The Kier molecular flexibility index (Phi) is 5.98. The fourth-order valence-electron chi connectivity index (χ4n) is 3.29. The normalized spacial score (nSPS) is 11.4. The van der Waals surface area contributed by atoms with Crippen LogP contribution in [-0.2, 0) is 7.05 Å². The van der Waals surface area contributed by atoms with Crippen LogP contribution in [-0.4, -0.2) is 20.5 Å². The van der Waals surface area contributed by atoms with Gasteiger partial charge in [0.2, 0.25) is 0 Å². The van der Waals surface area contributed by atoms with E-state index in [1.165, 1.54) is 18.3 Å². The fraction of sp³-hybridized carbons (Fsp3) is 0.0909. The van der Waals surface area contributed by atoms with E-state index in [4.69, 9.17) is 4.42 Å². The number of benzene rings is 2. The highest BCUT2D eigenvalue weighted by Gasteiger charge is 2.18. The maximum atomic E-state index is 13.0. The van der Waals surface area contributed by atoms with Gasteiger partial charge in [-0.1, -0.05) is 18.2 Å². The minimum absolute atomic E-state index is 0.0462. The first-order valence-corrected chi connectivity index (χ1v) is 11.0. The fourth-order valence-corrected chi connectivity index (χ4v) is 4.84. The van der Waals surface area contributed by atoms with Gasteiger partial charge < -0.3 is 4.42 Å². The van der Waals surface area contributed by atoms with Crippen LogP contribution >= 0.6 is 31.9 Å². The summed E-state index contributed by atoms with van der Waals surface area (Å²) in [4.78, 5) is 27.9. The lowest BCUT2D eigenvalue weighted by Crippen LogP contribution is -2.19. The number of non-ortho nitro benzene ring substituents is 1. The largest absolute Gasteiger partial charge is 0.455 e. The van der Waals surface area contributed by atoms with Gasteiger partial charge in [-0.3, -0.25) is 19.6 Å². The molecule has 32 heavy (non-hydrogen) atoms. The summed E-state index contributed by atoms with van der Waals surface area (Å²) >= 11 is 6.73. The van der Waals surface area contributed by atoms with Crippen LogP contribution in [0.2, 0.25) is 0 Å². The number of aliphatic imine (C=N–C) groups is 1. The Morgan fingerprint density at radius 3 is 2.38 bits per heavy atom. The number of hydrogen-bond donors (Lipinski definition) is 0. The van der Waals surface area contributed by atoms with Crippen molar-refractivity contribution in [3.8, 4) is 17.0 Å². The van der Waals surface area contributed by atoms with Crippen LogP contribution in [0, 0.1) is 17.0 Å². The van der Waals surface area contributed by atoms with E-state index >= 15 is 0 Å². The van der Waals surface area contributed by atoms with E-state index in [0.29, 0.717) is 37.4 Å². The summed E-state index contributed by atoms with van der Waals surface area (Å²) in [5, 5.41) is 11.0. The first kappa shape index (κ1) is 22.0. The van der Waals surface area contributed by atoms with Crippen LogP contribution in [0.5, 0.6) is 0 Å². The first-order chi connectivity index (χ1) is 15.3. The number of nitro benzene ring substituents is 1. The number of furan rings is 1. The van der Waals surface area contributed by atoms with Crippen LogP contribution in [0.25, 0.3) is 17.0 Å². The van der Waals surface area contributed by atoms with Crippen molar-refractivity contribution >= 4 is 49.4 Å². The van der Waals surface area contributed by atoms with Gasteiger partial charge in [-0.25, -0.2) is 9.67 Å². The van der Waals surface area contributed by atoms with Crippen LogP contribution in [0.3, 0.4) is 0 Å². The van der Waals surface area contributed by atoms with Gasteiger partial charge in [-0.05, 0) is 63.0 Å². The van der Waals surface area contributed by atoms with E-state index in [-0.39, 0.29) is 11.2 Å². The Bertz CT molecular complexity index is 1390. The molecule has 0 spiro atoms. The highest BCUT2D eigenvalue weighted by Crippen LogP contribution is 2.39. The number of halogens is 2. The molecule has 162 valence electrons. The zero-order valence-electron chi connectivity index (χ0n) is 17.0. The standard InChI is InChI=1S/C22H16Br2N4O4/c1-13-21(22(29)27(26(13)2)14-6-4-3-5-7-14)25-12-16-8-9-19(32-16)20-17(23)10-15(28(30)31)11-18(20)24/h3-12H,1-2H3. The van der Waals surface area contributed by atoms with Crippen molar-refractivity contribution in [2.24, 2.45) is 12.0 Å². The predicted molar refractivity (Wildman–Crippen MR) is 129 cm³/mol. The molecule has 0 amide bonds. The molecule has 2 heterocycles. The topological polar surface area (TPSA) is 95.6 Å². The van der Waals surface area contributed by atoms with E-state index in [2.05, 4.69) is 36.9 Å². The van der Waals surface area contributed by atoms with Crippen LogP contribution in [0.4, 0.5) is 11.4 Å². The van der Waals surface area contributed by atoms with Crippen LogP contribution in [0.15, 0.2) is 77.7 Å². The molecule has 8 nitrogen and oxygen atoms in total. The van der Waals surface area contributed by atoms with Crippen molar-refractivity contribution in [2.45, 2.75) is 6.92 Å². The van der Waals surface area contributed by atoms with Crippen molar-refractivity contribution in [3.05, 3.63) is 95.5 Å². The summed E-state index contributed by atoms with van der Waals surface area (Å²) in [6.45, 7) is 1.83. The molecule has 10 heteroatoms. The van der Waals surface area contributed by atoms with E-state index < -0.39 is 4.92 Å². The lowest BCUT2D eigenvalue weighted by Gasteiger charge is -2.07. The zero-order valence-corrected chi connectivity index (χ0v) is 20.1. The average molecular weight is 560 g/mol. The molecule has 0 fully saturated rings. The lowest BCUT2D eigenvalue weighted by atomic mass is 10.1. The molecule has 2 aromatic carbocycles. The minimum atomic E-state index is -0.468. The summed E-state index contributed by atoms with van der Waals surface area (Å²) < 4.78 is 10.2. The molecule has 0 radical (unpaired) electrons. The predicted octanol–water partition coefficient (Wildman–Crippen LogP) is 5.93. The van der Waals surface area contributed by atoms with Crippen molar-refractivity contribution in [2.75, 3.05) is 0 Å². The molecule has 0 N–H and O–H groups in total. The average Bonchev–Trinajstić information content (AvgIpc) is 3.29. The Morgan fingerprint density at radius 2 is 1.75 bits per heavy atom. The number of hydrogen-bond acceptors (Lipinski definition) is 5. The van der Waals surface area contributed by atoms with Crippen molar-refractivity contribution in [1.29, 1.82) is 0 Å². The summed E-state index contributed by atoms with van der Waals surface area (Å²) in [5.74, 6) is 0.928.